The molecule has 0 radical (unpaired) electrons. The van der Waals surface area contributed by atoms with Crippen LogP contribution in [0.1, 0.15) is 26.7 Å². The number of nitrogens with zero attached hydrogens (tertiary/aromatic N) is 2. The summed E-state index contributed by atoms with van der Waals surface area (Å²) in [4.78, 5) is 2.15. The Hall–Kier alpha value is -0.590. The predicted molar refractivity (Wildman–Crippen MR) is 53.4 cm³/mol. The molecule has 0 aromatic carbocycles. The molecule has 0 rings (SSSR count). The molecule has 0 amide bonds. The number of ether oxygens (including phenoxy) is 1. The highest BCUT2D eigenvalue weighted by Crippen LogP contribution is 1.99. The summed E-state index contributed by atoms with van der Waals surface area (Å²) >= 11 is 0. The maximum atomic E-state index is 8.49. The van der Waals surface area contributed by atoms with Crippen molar-refractivity contribution in [2.24, 2.45) is 0 Å². The van der Waals surface area contributed by atoms with Crippen LogP contribution in [0.4, 0.5) is 0 Å². The molecule has 0 bridgehead atoms. The lowest BCUT2D eigenvalue weighted by molar-refractivity contribution is 0.102. The Kier molecular flexibility index (Phi) is 7.66. The molecule has 1 unspecified atom stereocenters. The van der Waals surface area contributed by atoms with Gasteiger partial charge in [0.2, 0.25) is 0 Å². The van der Waals surface area contributed by atoms with Gasteiger partial charge in [-0.15, -0.1) is 0 Å². The highest BCUT2D eigenvalue weighted by atomic mass is 16.5. The van der Waals surface area contributed by atoms with Gasteiger partial charge in [0.25, 0.3) is 0 Å². The number of nitriles is 1. The molecule has 0 aromatic rings. The maximum Gasteiger partial charge on any atom is 0.0638 e. The quantitative estimate of drug-likeness (QED) is 0.564. The Labute approximate surface area is 81.3 Å². The highest BCUT2D eigenvalue weighted by Gasteiger charge is 2.07. The average molecular weight is 184 g/mol. The van der Waals surface area contributed by atoms with Crippen molar-refractivity contribution < 1.29 is 4.74 Å². The molecule has 0 saturated carbocycles. The van der Waals surface area contributed by atoms with E-state index in [0.29, 0.717) is 12.5 Å². The molecule has 0 spiro atoms. The molecule has 0 aliphatic carbocycles. The van der Waals surface area contributed by atoms with E-state index in [2.05, 4.69) is 24.8 Å². The molecule has 0 heterocycles. The van der Waals surface area contributed by atoms with Crippen LogP contribution in [-0.4, -0.2) is 37.7 Å². The Morgan fingerprint density at radius 1 is 1.46 bits per heavy atom. The largest absolute Gasteiger partial charge is 0.380 e. The van der Waals surface area contributed by atoms with E-state index in [0.717, 1.165) is 26.2 Å². The van der Waals surface area contributed by atoms with E-state index in [1.54, 1.807) is 0 Å². The normalized spacial score (nSPS) is 12.8. The SMILES string of the molecule is CCCOCCN(C)C(C)CC#N. The second-order valence-corrected chi connectivity index (χ2v) is 3.30. The van der Waals surface area contributed by atoms with Crippen LogP contribution < -0.4 is 0 Å². The number of hydrogen-bond acceptors (Lipinski definition) is 3. The van der Waals surface area contributed by atoms with Crippen molar-refractivity contribution in [3.63, 3.8) is 0 Å². The van der Waals surface area contributed by atoms with Crippen molar-refractivity contribution >= 4 is 0 Å². The monoisotopic (exact) mass is 184 g/mol. The molecule has 76 valence electrons. The molecule has 13 heavy (non-hydrogen) atoms. The van der Waals surface area contributed by atoms with E-state index < -0.39 is 0 Å². The Morgan fingerprint density at radius 2 is 2.15 bits per heavy atom. The zero-order chi connectivity index (χ0) is 10.1. The predicted octanol–water partition coefficient (Wildman–Crippen LogP) is 1.65. The van der Waals surface area contributed by atoms with E-state index in [1.807, 2.05) is 7.05 Å². The Bertz CT molecular complexity index is 153. The molecule has 3 heteroatoms. The highest BCUT2D eigenvalue weighted by molar-refractivity contribution is 4.78. The van der Waals surface area contributed by atoms with E-state index in [1.165, 1.54) is 0 Å². The van der Waals surface area contributed by atoms with Gasteiger partial charge in [-0.05, 0) is 20.4 Å². The summed E-state index contributed by atoms with van der Waals surface area (Å²) in [6.07, 6.45) is 1.65. The summed E-state index contributed by atoms with van der Waals surface area (Å²) in [6, 6.07) is 2.50. The van der Waals surface area contributed by atoms with Crippen molar-refractivity contribution in [2.75, 3.05) is 26.8 Å². The Morgan fingerprint density at radius 3 is 2.69 bits per heavy atom. The van der Waals surface area contributed by atoms with Crippen molar-refractivity contribution in [3.05, 3.63) is 0 Å². The van der Waals surface area contributed by atoms with Gasteiger partial charge in [0.05, 0.1) is 19.1 Å². The minimum absolute atomic E-state index is 0.329. The van der Waals surface area contributed by atoms with E-state index in [9.17, 15) is 0 Å². The summed E-state index contributed by atoms with van der Waals surface area (Å²) in [6.45, 7) is 6.66. The Balaban J connectivity index is 3.39. The van der Waals surface area contributed by atoms with Crippen LogP contribution in [-0.2, 0) is 4.74 Å². The second-order valence-electron chi connectivity index (χ2n) is 3.30. The molecule has 0 N–H and O–H groups in total. The maximum absolute atomic E-state index is 8.49. The zero-order valence-electron chi connectivity index (χ0n) is 8.92. The zero-order valence-corrected chi connectivity index (χ0v) is 8.92. The molecular weight excluding hydrogens is 164 g/mol. The average Bonchev–Trinajstić information content (AvgIpc) is 2.12. The third-order valence-electron chi connectivity index (χ3n) is 2.08. The first-order chi connectivity index (χ1) is 6.22. The van der Waals surface area contributed by atoms with Crippen molar-refractivity contribution in [1.82, 2.24) is 4.90 Å². The first-order valence-electron chi connectivity index (χ1n) is 4.87. The van der Waals surface area contributed by atoms with Gasteiger partial charge >= 0.3 is 0 Å². The molecule has 0 fully saturated rings. The first kappa shape index (κ1) is 12.4. The fourth-order valence-corrected chi connectivity index (χ4v) is 0.963. The van der Waals surface area contributed by atoms with E-state index >= 15 is 0 Å². The summed E-state index contributed by atoms with van der Waals surface area (Å²) in [7, 11) is 2.03. The molecular formula is C10H20N2O. The van der Waals surface area contributed by atoms with Crippen LogP contribution in [0.15, 0.2) is 0 Å². The van der Waals surface area contributed by atoms with Gasteiger partial charge in [-0.1, -0.05) is 6.92 Å². The van der Waals surface area contributed by atoms with Gasteiger partial charge in [-0.3, -0.25) is 0 Å². The van der Waals surface area contributed by atoms with E-state index in [4.69, 9.17) is 10.00 Å². The molecule has 0 aliphatic rings. The molecule has 0 aliphatic heterocycles. The summed E-state index contributed by atoms with van der Waals surface area (Å²) in [5, 5.41) is 8.49. The van der Waals surface area contributed by atoms with E-state index in [-0.39, 0.29) is 0 Å². The van der Waals surface area contributed by atoms with Crippen LogP contribution in [0.25, 0.3) is 0 Å². The van der Waals surface area contributed by atoms with Gasteiger partial charge in [-0.25, -0.2) is 0 Å². The number of hydrogen-bond donors (Lipinski definition) is 0. The third kappa shape index (κ3) is 6.56. The van der Waals surface area contributed by atoms with Gasteiger partial charge in [0.15, 0.2) is 0 Å². The van der Waals surface area contributed by atoms with Crippen molar-refractivity contribution in [2.45, 2.75) is 32.7 Å². The first-order valence-corrected chi connectivity index (χ1v) is 4.87. The van der Waals surface area contributed by atoms with Crippen LogP contribution in [0, 0.1) is 11.3 Å². The van der Waals surface area contributed by atoms with Gasteiger partial charge < -0.3 is 9.64 Å². The summed E-state index contributed by atoms with van der Waals surface area (Å²) < 4.78 is 5.36. The summed E-state index contributed by atoms with van der Waals surface area (Å²) in [5.74, 6) is 0. The van der Waals surface area contributed by atoms with Crippen LogP contribution in [0.2, 0.25) is 0 Å². The molecule has 0 aromatic heterocycles. The fourth-order valence-electron chi connectivity index (χ4n) is 0.963. The minimum Gasteiger partial charge on any atom is -0.380 e. The topological polar surface area (TPSA) is 36.3 Å². The van der Waals surface area contributed by atoms with Gasteiger partial charge in [-0.2, -0.15) is 5.26 Å². The lowest BCUT2D eigenvalue weighted by Crippen LogP contribution is -2.31. The second kappa shape index (κ2) is 8.03. The number of likely N-dealkylation sites (N-methyl/N-ethyl adjacent to an activating group) is 1. The van der Waals surface area contributed by atoms with Gasteiger partial charge in [0.1, 0.15) is 0 Å². The molecule has 1 atom stereocenters. The van der Waals surface area contributed by atoms with Gasteiger partial charge in [0, 0.05) is 19.2 Å². The standard InChI is InChI=1S/C10H20N2O/c1-4-8-13-9-7-12(3)10(2)5-6-11/h10H,4-5,7-9H2,1-3H3. The molecule has 3 nitrogen and oxygen atoms in total. The van der Waals surface area contributed by atoms with Crippen LogP contribution in [0.5, 0.6) is 0 Å². The van der Waals surface area contributed by atoms with Crippen molar-refractivity contribution in [3.8, 4) is 6.07 Å². The van der Waals surface area contributed by atoms with Crippen molar-refractivity contribution in [1.29, 1.82) is 5.26 Å². The summed E-state index contributed by atoms with van der Waals surface area (Å²) in [5.41, 5.74) is 0. The van der Waals surface area contributed by atoms with Crippen LogP contribution >= 0.6 is 0 Å². The lowest BCUT2D eigenvalue weighted by Gasteiger charge is -2.22. The minimum atomic E-state index is 0.329. The third-order valence-corrected chi connectivity index (χ3v) is 2.08. The lowest BCUT2D eigenvalue weighted by atomic mass is 10.2. The molecule has 0 saturated heterocycles. The smallest absolute Gasteiger partial charge is 0.0638 e. The van der Waals surface area contributed by atoms with Crippen LogP contribution in [0.3, 0.4) is 0 Å². The number of rotatable bonds is 7. The fraction of sp³-hybridized carbons (Fsp3) is 0.900.